The number of nitrogens with zero attached hydrogens (tertiary/aromatic N) is 2. The normalized spacial score (nSPS) is 35.4. The highest BCUT2D eigenvalue weighted by Crippen LogP contribution is 2.65. The van der Waals surface area contributed by atoms with E-state index in [9.17, 15) is 27.6 Å². The number of carbonyl (C=O) groups is 4. The topological polar surface area (TPSA) is 127 Å². The number of thioether (sulfide) groups is 1. The van der Waals surface area contributed by atoms with Crippen molar-refractivity contribution in [2.24, 2.45) is 45.3 Å². The van der Waals surface area contributed by atoms with Crippen molar-refractivity contribution in [3.63, 3.8) is 0 Å². The molecule has 8 atom stereocenters. The summed E-state index contributed by atoms with van der Waals surface area (Å²) in [5.41, 5.74) is -2.11. The fourth-order valence-electron chi connectivity index (χ4n) is 11.0. The number of ketones is 2. The lowest BCUT2D eigenvalue weighted by atomic mass is 9.70. The zero-order chi connectivity index (χ0) is 40.4. The van der Waals surface area contributed by atoms with Gasteiger partial charge in [-0.15, -0.1) is 0 Å². The molecule has 6 aliphatic rings. The van der Waals surface area contributed by atoms with Gasteiger partial charge in [0.1, 0.15) is 22.8 Å². The van der Waals surface area contributed by atoms with Crippen molar-refractivity contribution < 1.29 is 37.1 Å². The Bertz CT molecular complexity index is 1580. The number of hydrogen-bond acceptors (Lipinski definition) is 9. The van der Waals surface area contributed by atoms with Gasteiger partial charge in [0.15, 0.2) is 9.84 Å². The lowest BCUT2D eigenvalue weighted by Gasteiger charge is -2.37. The van der Waals surface area contributed by atoms with Gasteiger partial charge in [0, 0.05) is 60.4 Å². The van der Waals surface area contributed by atoms with E-state index in [-0.39, 0.29) is 57.6 Å². The second kappa shape index (κ2) is 14.8. The number of sulfone groups is 1. The fourth-order valence-corrected chi connectivity index (χ4v) is 15.2. The molecule has 0 spiro atoms. The van der Waals surface area contributed by atoms with Gasteiger partial charge in [0.05, 0.1) is 11.5 Å². The van der Waals surface area contributed by atoms with Crippen molar-refractivity contribution in [2.75, 3.05) is 36.1 Å². The number of Topliss-reactive ketones (excluding diaryl/α,β-unsaturated/α-hetero) is 2. The van der Waals surface area contributed by atoms with Gasteiger partial charge >= 0.3 is 12.2 Å². The first-order valence-electron chi connectivity index (χ1n) is 20.5. The van der Waals surface area contributed by atoms with Crippen molar-refractivity contribution in [2.45, 2.75) is 158 Å². The minimum Gasteiger partial charge on any atom is -0.444 e. The number of fused-ring (bicyclic) bond motifs is 4. The van der Waals surface area contributed by atoms with Crippen LogP contribution in [-0.2, 0) is 28.9 Å². The van der Waals surface area contributed by atoms with Gasteiger partial charge in [-0.25, -0.2) is 18.0 Å². The Balaban J connectivity index is 0.000000208. The molecule has 4 saturated carbocycles. The Morgan fingerprint density at radius 1 is 0.741 bits per heavy atom. The number of likely N-dealkylation sites (tertiary alicyclic amines) is 2. The van der Waals surface area contributed by atoms with Crippen LogP contribution in [0.3, 0.4) is 0 Å². The van der Waals surface area contributed by atoms with Crippen LogP contribution in [-0.4, -0.2) is 101 Å². The Morgan fingerprint density at radius 2 is 1.17 bits per heavy atom. The molecule has 2 unspecified atom stereocenters. The average molecular weight is 795 g/mol. The number of ether oxygens (including phenoxy) is 2. The van der Waals surface area contributed by atoms with Gasteiger partial charge in [-0.2, -0.15) is 11.8 Å². The Labute approximate surface area is 330 Å². The van der Waals surface area contributed by atoms with Crippen LogP contribution in [0.5, 0.6) is 0 Å². The first kappa shape index (κ1) is 43.3. The van der Waals surface area contributed by atoms with Crippen LogP contribution in [0.4, 0.5) is 9.59 Å². The first-order chi connectivity index (χ1) is 24.6. The van der Waals surface area contributed by atoms with Crippen molar-refractivity contribution >= 4 is 45.4 Å². The zero-order valence-electron chi connectivity index (χ0n) is 35.3. The molecule has 4 bridgehead atoms. The maximum atomic E-state index is 13.2. The van der Waals surface area contributed by atoms with E-state index in [4.69, 9.17) is 9.47 Å². The van der Waals surface area contributed by atoms with E-state index < -0.39 is 32.5 Å². The second-order valence-electron chi connectivity index (χ2n) is 21.2. The Hall–Kier alpha value is -1.82. The van der Waals surface area contributed by atoms with E-state index in [0.717, 1.165) is 43.7 Å². The van der Waals surface area contributed by atoms with Crippen LogP contribution in [0.25, 0.3) is 0 Å². The van der Waals surface area contributed by atoms with Crippen molar-refractivity contribution in [3.8, 4) is 0 Å². The highest BCUT2D eigenvalue weighted by Gasteiger charge is 2.66. The van der Waals surface area contributed by atoms with Gasteiger partial charge < -0.3 is 19.3 Å². The minimum atomic E-state index is -3.50. The van der Waals surface area contributed by atoms with Crippen LogP contribution >= 0.6 is 11.8 Å². The number of hydrogen-bond donors (Lipinski definition) is 0. The summed E-state index contributed by atoms with van der Waals surface area (Å²) >= 11 is 1.87. The number of amides is 2. The molecule has 2 heterocycles. The van der Waals surface area contributed by atoms with E-state index in [1.807, 2.05) is 44.4 Å². The molecule has 0 radical (unpaired) electrons. The third-order valence-corrected chi connectivity index (χ3v) is 17.5. The lowest BCUT2D eigenvalue weighted by Crippen LogP contribution is -2.46. The van der Waals surface area contributed by atoms with Crippen LogP contribution in [0.1, 0.15) is 134 Å². The lowest BCUT2D eigenvalue weighted by molar-refractivity contribution is -0.128. The summed E-state index contributed by atoms with van der Waals surface area (Å²) in [6, 6.07) is -0.166. The molecule has 54 heavy (non-hydrogen) atoms. The molecule has 12 heteroatoms. The van der Waals surface area contributed by atoms with E-state index >= 15 is 0 Å². The van der Waals surface area contributed by atoms with Gasteiger partial charge in [-0.3, -0.25) is 9.59 Å². The highest BCUT2D eigenvalue weighted by atomic mass is 32.2. The molecule has 0 aromatic heterocycles. The molecule has 10 nitrogen and oxygen atoms in total. The van der Waals surface area contributed by atoms with Gasteiger partial charge in [0.25, 0.3) is 0 Å². The summed E-state index contributed by atoms with van der Waals surface area (Å²) in [5.74, 6) is 3.82. The molecule has 2 aliphatic heterocycles. The summed E-state index contributed by atoms with van der Waals surface area (Å²) in [7, 11) is -3.50. The zero-order valence-corrected chi connectivity index (χ0v) is 37.0. The van der Waals surface area contributed by atoms with Gasteiger partial charge in [-0.1, -0.05) is 41.5 Å². The summed E-state index contributed by atoms with van der Waals surface area (Å²) in [6.07, 6.45) is 6.16. The predicted octanol–water partition coefficient (Wildman–Crippen LogP) is 8.20. The minimum absolute atomic E-state index is 0.0879. The molecule has 6 fully saturated rings. The van der Waals surface area contributed by atoms with Crippen LogP contribution in [0.2, 0.25) is 0 Å². The standard InChI is InChI=1S/C21H35NO5S.C21H35NO3S/c1-14-9-16(22(11-14)18(24)27-19(2,3)4)12-28(25,26)13-21-8-7-15(10-17(21)23)20(21,5)6;1-14-9-16(22(11-14)18(24)25-19(2,3)4)12-26-13-21-8-7-15(10-17(21)23)20(21,5)6/h14-16H,7-13H2,1-6H3;14-16H,7-13H2,1-6H3/t2*14-,15?,16+,21-/m11/s1. The van der Waals surface area contributed by atoms with E-state index in [2.05, 4.69) is 34.6 Å². The largest absolute Gasteiger partial charge is 0.444 e. The molecule has 308 valence electrons. The molecule has 0 aromatic carbocycles. The van der Waals surface area contributed by atoms with Crippen molar-refractivity contribution in [1.82, 2.24) is 9.80 Å². The third-order valence-electron chi connectivity index (χ3n) is 14.4. The van der Waals surface area contributed by atoms with Gasteiger partial charge in [0.2, 0.25) is 0 Å². The Kier molecular flexibility index (Phi) is 11.9. The van der Waals surface area contributed by atoms with Crippen LogP contribution in [0.15, 0.2) is 0 Å². The fraction of sp³-hybridized carbons (Fsp3) is 0.905. The molecular formula is C42H70N2O8S2. The van der Waals surface area contributed by atoms with E-state index in [1.54, 1.807) is 25.7 Å². The van der Waals surface area contributed by atoms with E-state index in [1.165, 1.54) is 6.42 Å². The molecule has 2 amide bonds. The quantitative estimate of drug-likeness (QED) is 0.239. The molecule has 0 aromatic rings. The first-order valence-corrected chi connectivity index (χ1v) is 23.4. The van der Waals surface area contributed by atoms with Crippen LogP contribution in [0, 0.1) is 45.3 Å². The maximum absolute atomic E-state index is 13.2. The highest BCUT2D eigenvalue weighted by molar-refractivity contribution is 7.99. The molecule has 0 N–H and O–H groups in total. The summed E-state index contributed by atoms with van der Waals surface area (Å²) in [5, 5.41) is 0. The SMILES string of the molecule is C[C@@H]1C[C@@H](CS(=O)(=O)C[C@]23CCC(CC2=O)C3(C)C)N(C(=O)OC(C)(C)C)C1.C[C@@H]1C[C@@H](CSC[C@]23CCC(CC2=O)C3(C)C)N(C(=O)OC(C)(C)C)C1. The maximum Gasteiger partial charge on any atom is 0.410 e. The molecular weight excluding hydrogens is 725 g/mol. The molecule has 4 aliphatic carbocycles. The molecule has 6 rings (SSSR count). The average Bonchev–Trinajstić information content (AvgIpc) is 3.76. The monoisotopic (exact) mass is 794 g/mol. The third kappa shape index (κ3) is 8.40. The Morgan fingerprint density at radius 3 is 1.57 bits per heavy atom. The van der Waals surface area contributed by atoms with Crippen LogP contribution < -0.4 is 0 Å². The predicted molar refractivity (Wildman–Crippen MR) is 214 cm³/mol. The van der Waals surface area contributed by atoms with Gasteiger partial charge in [-0.05, 0) is 115 Å². The smallest absolute Gasteiger partial charge is 0.410 e. The summed E-state index contributed by atoms with van der Waals surface area (Å²) in [6.45, 7) is 25.4. The summed E-state index contributed by atoms with van der Waals surface area (Å²) in [4.78, 5) is 54.0. The summed E-state index contributed by atoms with van der Waals surface area (Å²) < 4.78 is 37.5. The number of carbonyl (C=O) groups excluding carboxylic acids is 4. The molecule has 2 saturated heterocycles. The second-order valence-corrected chi connectivity index (χ2v) is 24.3. The number of rotatable bonds is 8. The van der Waals surface area contributed by atoms with Crippen molar-refractivity contribution in [3.05, 3.63) is 0 Å². The van der Waals surface area contributed by atoms with Crippen molar-refractivity contribution in [1.29, 1.82) is 0 Å². The van der Waals surface area contributed by atoms with E-state index in [0.29, 0.717) is 49.3 Å².